The topological polar surface area (TPSA) is 0 Å². The highest BCUT2D eigenvalue weighted by atomic mass is 79.9. The van der Waals surface area contributed by atoms with Gasteiger partial charge in [0.2, 0.25) is 0 Å². The monoisotopic (exact) mass is 288 g/mol. The third-order valence-electron chi connectivity index (χ3n) is 2.35. The van der Waals surface area contributed by atoms with Gasteiger partial charge in [-0.25, -0.2) is 0 Å². The maximum Gasteiger partial charge on any atom is 0.0488 e. The number of halogens is 2. The van der Waals surface area contributed by atoms with Crippen LogP contribution in [0.1, 0.15) is 18.1 Å². The van der Waals surface area contributed by atoms with Crippen LogP contribution in [0.15, 0.2) is 22.0 Å². The van der Waals surface area contributed by atoms with Crippen LogP contribution in [0.2, 0.25) is 0 Å². The van der Waals surface area contributed by atoms with Gasteiger partial charge < -0.3 is 0 Å². The number of rotatable bonds is 2. The first-order chi connectivity index (χ1) is 6.76. The van der Waals surface area contributed by atoms with E-state index >= 15 is 0 Å². The Hall–Kier alpha value is -0.0500. The molecule has 0 aliphatic heterocycles. The Balaban J connectivity index is 2.70. The first kappa shape index (κ1) is 10.5. The Morgan fingerprint density at radius 2 is 2.14 bits per heavy atom. The largest absolute Gasteiger partial charge is 0.143 e. The minimum absolute atomic E-state index is 0.602. The Morgan fingerprint density at radius 1 is 1.36 bits per heavy atom. The van der Waals surface area contributed by atoms with Crippen molar-refractivity contribution in [1.82, 2.24) is 0 Å². The molecule has 0 bridgehead atoms. The first-order valence-corrected chi connectivity index (χ1v) is 6.71. The lowest BCUT2D eigenvalue weighted by Crippen LogP contribution is -1.83. The summed E-state index contributed by atoms with van der Waals surface area (Å²) in [5.41, 5.74) is 2.59. The number of benzene rings is 1. The van der Waals surface area contributed by atoms with Crippen LogP contribution in [0.25, 0.3) is 10.1 Å². The van der Waals surface area contributed by atoms with E-state index in [0.29, 0.717) is 5.88 Å². The van der Waals surface area contributed by atoms with Gasteiger partial charge in [-0.3, -0.25) is 0 Å². The van der Waals surface area contributed by atoms with Crippen molar-refractivity contribution in [3.8, 4) is 0 Å². The second-order valence-corrected chi connectivity index (χ2v) is 5.22. The van der Waals surface area contributed by atoms with Gasteiger partial charge >= 0.3 is 0 Å². The van der Waals surface area contributed by atoms with Crippen molar-refractivity contribution in [2.75, 3.05) is 0 Å². The van der Waals surface area contributed by atoms with E-state index in [-0.39, 0.29) is 0 Å². The summed E-state index contributed by atoms with van der Waals surface area (Å²) in [6, 6.07) is 4.43. The van der Waals surface area contributed by atoms with Gasteiger partial charge in [-0.05, 0) is 40.4 Å². The van der Waals surface area contributed by atoms with Gasteiger partial charge in [0.25, 0.3) is 0 Å². The van der Waals surface area contributed by atoms with Crippen molar-refractivity contribution in [2.45, 2.75) is 19.2 Å². The molecule has 0 unspecified atom stereocenters. The Morgan fingerprint density at radius 3 is 2.79 bits per heavy atom. The van der Waals surface area contributed by atoms with Gasteiger partial charge in [0, 0.05) is 15.1 Å². The number of alkyl halides is 1. The molecule has 2 aromatic rings. The van der Waals surface area contributed by atoms with Crippen molar-refractivity contribution in [3.63, 3.8) is 0 Å². The van der Waals surface area contributed by atoms with Gasteiger partial charge in [-0.15, -0.1) is 22.9 Å². The molecular weight excluding hydrogens is 280 g/mol. The second kappa shape index (κ2) is 4.21. The average Bonchev–Trinajstić information content (AvgIpc) is 2.58. The third-order valence-corrected chi connectivity index (χ3v) is 4.37. The Labute approximate surface area is 101 Å². The summed E-state index contributed by atoms with van der Waals surface area (Å²) in [4.78, 5) is 0. The molecule has 14 heavy (non-hydrogen) atoms. The highest BCUT2D eigenvalue weighted by Gasteiger charge is 2.06. The molecule has 0 fully saturated rings. The number of hydrogen-bond donors (Lipinski definition) is 0. The van der Waals surface area contributed by atoms with Crippen molar-refractivity contribution in [1.29, 1.82) is 0 Å². The Kier molecular flexibility index (Phi) is 3.15. The van der Waals surface area contributed by atoms with Gasteiger partial charge in [-0.1, -0.05) is 22.9 Å². The lowest BCUT2D eigenvalue weighted by molar-refractivity contribution is 1.13. The molecule has 74 valence electrons. The van der Waals surface area contributed by atoms with Crippen LogP contribution < -0.4 is 0 Å². The van der Waals surface area contributed by atoms with Gasteiger partial charge in [0.1, 0.15) is 0 Å². The van der Waals surface area contributed by atoms with Crippen LogP contribution >= 0.6 is 38.9 Å². The molecule has 0 saturated carbocycles. The summed E-state index contributed by atoms with van der Waals surface area (Å²) < 4.78 is 2.51. The molecule has 0 nitrogen and oxygen atoms in total. The number of fused-ring (bicyclic) bond motifs is 1. The minimum atomic E-state index is 0.602. The van der Waals surface area contributed by atoms with Crippen LogP contribution in [-0.2, 0) is 12.3 Å². The highest BCUT2D eigenvalue weighted by molar-refractivity contribution is 9.10. The normalized spacial score (nSPS) is 11.1. The van der Waals surface area contributed by atoms with E-state index in [1.54, 1.807) is 11.3 Å². The molecular formula is C11H10BrClS. The molecule has 0 atom stereocenters. The van der Waals surface area contributed by atoms with Crippen molar-refractivity contribution < 1.29 is 0 Å². The van der Waals surface area contributed by atoms with E-state index in [0.717, 1.165) is 6.42 Å². The molecule has 0 saturated heterocycles. The summed E-state index contributed by atoms with van der Waals surface area (Å²) in [6.45, 7) is 2.17. The predicted octanol–water partition coefficient (Wildman–Crippen LogP) is 4.97. The van der Waals surface area contributed by atoms with Crippen LogP contribution in [0, 0.1) is 0 Å². The number of aryl methyl sites for hydroxylation is 1. The molecule has 1 heterocycles. The molecule has 2 rings (SSSR count). The first-order valence-electron chi connectivity index (χ1n) is 4.50. The zero-order valence-electron chi connectivity index (χ0n) is 7.81. The summed E-state index contributed by atoms with van der Waals surface area (Å²) in [5, 5.41) is 3.45. The van der Waals surface area contributed by atoms with Crippen molar-refractivity contribution in [3.05, 3.63) is 33.1 Å². The maximum atomic E-state index is 5.88. The standard InChI is InChI=1S/C11H10BrClS/c1-2-7-3-9-8(5-13)6-14-11(9)4-10(7)12/h3-4,6H,2,5H2,1H3. The number of thiophene rings is 1. The summed E-state index contributed by atoms with van der Waals surface area (Å²) >= 11 is 11.2. The van der Waals surface area contributed by atoms with Crippen LogP contribution in [0.4, 0.5) is 0 Å². The molecule has 0 amide bonds. The van der Waals surface area contributed by atoms with Gasteiger partial charge in [0.05, 0.1) is 0 Å². The molecule has 0 aliphatic rings. The molecule has 1 aromatic heterocycles. The lowest BCUT2D eigenvalue weighted by atomic mass is 10.1. The van der Waals surface area contributed by atoms with Crippen LogP contribution in [-0.4, -0.2) is 0 Å². The van der Waals surface area contributed by atoms with Crippen LogP contribution in [0.5, 0.6) is 0 Å². The fraction of sp³-hybridized carbons (Fsp3) is 0.273. The zero-order chi connectivity index (χ0) is 10.1. The molecule has 0 radical (unpaired) electrons. The Bertz CT molecular complexity index is 462. The van der Waals surface area contributed by atoms with Crippen molar-refractivity contribution in [2.24, 2.45) is 0 Å². The van der Waals surface area contributed by atoms with E-state index in [1.807, 2.05) is 0 Å². The van der Waals surface area contributed by atoms with E-state index < -0.39 is 0 Å². The molecule has 3 heteroatoms. The average molecular weight is 290 g/mol. The quantitative estimate of drug-likeness (QED) is 0.685. The van der Waals surface area contributed by atoms with E-state index in [4.69, 9.17) is 11.6 Å². The summed E-state index contributed by atoms with van der Waals surface area (Å²) in [6.07, 6.45) is 1.05. The highest BCUT2D eigenvalue weighted by Crippen LogP contribution is 2.32. The predicted molar refractivity (Wildman–Crippen MR) is 68.5 cm³/mol. The second-order valence-electron chi connectivity index (χ2n) is 3.19. The molecule has 0 N–H and O–H groups in total. The molecule has 0 aliphatic carbocycles. The zero-order valence-corrected chi connectivity index (χ0v) is 11.0. The summed E-state index contributed by atoms with van der Waals surface area (Å²) in [5.74, 6) is 0.602. The van der Waals surface area contributed by atoms with Crippen molar-refractivity contribution >= 4 is 49.0 Å². The fourth-order valence-electron chi connectivity index (χ4n) is 1.52. The molecule has 0 spiro atoms. The van der Waals surface area contributed by atoms with Gasteiger partial charge in [0.15, 0.2) is 0 Å². The fourth-order valence-corrected chi connectivity index (χ4v) is 3.59. The maximum absolute atomic E-state index is 5.88. The van der Waals surface area contributed by atoms with E-state index in [1.165, 1.54) is 25.7 Å². The SMILES string of the molecule is CCc1cc2c(CCl)csc2cc1Br. The molecule has 1 aromatic carbocycles. The lowest BCUT2D eigenvalue weighted by Gasteiger charge is -2.02. The smallest absolute Gasteiger partial charge is 0.0488 e. The van der Waals surface area contributed by atoms with Gasteiger partial charge in [-0.2, -0.15) is 0 Å². The van der Waals surface area contributed by atoms with E-state index in [9.17, 15) is 0 Å². The minimum Gasteiger partial charge on any atom is -0.143 e. The van der Waals surface area contributed by atoms with E-state index in [2.05, 4.69) is 40.4 Å². The third kappa shape index (κ3) is 1.71. The summed E-state index contributed by atoms with van der Waals surface area (Å²) in [7, 11) is 0. The van der Waals surface area contributed by atoms with Crippen LogP contribution in [0.3, 0.4) is 0 Å². The number of hydrogen-bond acceptors (Lipinski definition) is 1.